The molecule has 0 saturated carbocycles. The van der Waals surface area contributed by atoms with E-state index >= 15 is 0 Å². The van der Waals surface area contributed by atoms with Crippen LogP contribution in [0, 0.1) is 0 Å². The zero-order valence-electron chi connectivity index (χ0n) is 14.0. The van der Waals surface area contributed by atoms with E-state index in [0.717, 1.165) is 28.6 Å². The van der Waals surface area contributed by atoms with E-state index in [1.54, 1.807) is 12.0 Å². The summed E-state index contributed by atoms with van der Waals surface area (Å²) in [5.74, 6) is 0.326. The molecule has 1 unspecified atom stereocenters. The van der Waals surface area contributed by atoms with Crippen LogP contribution < -0.4 is 4.74 Å². The molecule has 0 aliphatic carbocycles. The topological polar surface area (TPSA) is 55.8 Å². The number of benzene rings is 2. The van der Waals surface area contributed by atoms with Crippen LogP contribution in [0.3, 0.4) is 0 Å². The minimum Gasteiger partial charge on any atom is -0.497 e. The smallest absolute Gasteiger partial charge is 0.313 e. The third-order valence-electron chi connectivity index (χ3n) is 4.48. The monoisotopic (exact) mass is 327 g/mol. The lowest BCUT2D eigenvalue weighted by Gasteiger charge is -2.30. The molecule has 0 N–H and O–H groups in total. The highest BCUT2D eigenvalue weighted by Gasteiger charge is 2.24. The molecular weight excluding hydrogens is 306 g/mol. The Hall–Kier alpha value is -2.56. The van der Waals surface area contributed by atoms with Gasteiger partial charge >= 0.3 is 5.97 Å². The van der Waals surface area contributed by atoms with Crippen molar-refractivity contribution in [2.24, 2.45) is 0 Å². The number of nitrogens with zero attached hydrogens (tertiary/aromatic N) is 1. The number of ether oxygens (including phenoxy) is 2. The van der Waals surface area contributed by atoms with Gasteiger partial charge in [-0.15, -0.1) is 0 Å². The predicted octanol–water partition coefficient (Wildman–Crippen LogP) is 2.73. The van der Waals surface area contributed by atoms with Crippen molar-refractivity contribution in [3.63, 3.8) is 0 Å². The Morgan fingerprint density at radius 2 is 1.96 bits per heavy atom. The maximum atomic E-state index is 12.2. The number of hydrogen-bond acceptors (Lipinski definition) is 4. The molecule has 1 aliphatic heterocycles. The number of carbonyl (C=O) groups is 2. The van der Waals surface area contributed by atoms with Crippen LogP contribution in [0.1, 0.15) is 24.8 Å². The molecule has 2 aromatic rings. The van der Waals surface area contributed by atoms with Crippen molar-refractivity contribution in [1.82, 2.24) is 4.90 Å². The van der Waals surface area contributed by atoms with E-state index in [1.807, 2.05) is 43.3 Å². The van der Waals surface area contributed by atoms with Crippen LogP contribution in [0.5, 0.6) is 5.75 Å². The fourth-order valence-corrected chi connectivity index (χ4v) is 2.75. The maximum Gasteiger partial charge on any atom is 0.313 e. The SMILES string of the molecule is COc1ccc2cc(C(C)C(=O)OCCN3CCC3=O)ccc2c1. The van der Waals surface area contributed by atoms with Gasteiger partial charge in [-0.05, 0) is 35.4 Å². The first-order chi connectivity index (χ1) is 11.6. The van der Waals surface area contributed by atoms with Crippen LogP contribution >= 0.6 is 0 Å². The highest BCUT2D eigenvalue weighted by molar-refractivity contribution is 5.87. The summed E-state index contributed by atoms with van der Waals surface area (Å²) in [7, 11) is 1.64. The second kappa shape index (κ2) is 6.91. The van der Waals surface area contributed by atoms with Crippen LogP contribution in [-0.4, -0.2) is 43.6 Å². The summed E-state index contributed by atoms with van der Waals surface area (Å²) >= 11 is 0. The van der Waals surface area contributed by atoms with Gasteiger partial charge in [-0.25, -0.2) is 0 Å². The fraction of sp³-hybridized carbons (Fsp3) is 0.368. The second-order valence-corrected chi connectivity index (χ2v) is 5.99. The van der Waals surface area contributed by atoms with Crippen LogP contribution in [0.4, 0.5) is 0 Å². The lowest BCUT2D eigenvalue weighted by atomic mass is 9.98. The van der Waals surface area contributed by atoms with Gasteiger partial charge in [-0.2, -0.15) is 0 Å². The van der Waals surface area contributed by atoms with Gasteiger partial charge in [0.25, 0.3) is 0 Å². The first-order valence-electron chi connectivity index (χ1n) is 8.10. The number of esters is 1. The largest absolute Gasteiger partial charge is 0.497 e. The van der Waals surface area contributed by atoms with Crippen LogP contribution in [0.25, 0.3) is 10.8 Å². The number of carbonyl (C=O) groups excluding carboxylic acids is 2. The molecule has 2 aromatic carbocycles. The fourth-order valence-electron chi connectivity index (χ4n) is 2.75. The van der Waals surface area contributed by atoms with E-state index in [2.05, 4.69) is 0 Å². The Bertz CT molecular complexity index is 771. The van der Waals surface area contributed by atoms with Crippen LogP contribution in [-0.2, 0) is 14.3 Å². The van der Waals surface area contributed by atoms with E-state index in [0.29, 0.717) is 13.0 Å². The molecule has 0 bridgehead atoms. The van der Waals surface area contributed by atoms with E-state index in [-0.39, 0.29) is 24.4 Å². The van der Waals surface area contributed by atoms with Gasteiger partial charge in [0.05, 0.1) is 19.6 Å². The molecular formula is C19H21NO4. The minimum atomic E-state index is -0.344. The third kappa shape index (κ3) is 3.35. The number of rotatable bonds is 6. The predicted molar refractivity (Wildman–Crippen MR) is 91.1 cm³/mol. The average molecular weight is 327 g/mol. The van der Waals surface area contributed by atoms with Gasteiger partial charge in [0.15, 0.2) is 0 Å². The van der Waals surface area contributed by atoms with Crippen molar-refractivity contribution in [3.8, 4) is 5.75 Å². The molecule has 0 spiro atoms. The summed E-state index contributed by atoms with van der Waals surface area (Å²) < 4.78 is 10.5. The van der Waals surface area contributed by atoms with Crippen molar-refractivity contribution in [1.29, 1.82) is 0 Å². The molecule has 0 radical (unpaired) electrons. The number of likely N-dealkylation sites (tertiary alicyclic amines) is 1. The lowest BCUT2D eigenvalue weighted by molar-refractivity contribution is -0.149. The lowest BCUT2D eigenvalue weighted by Crippen LogP contribution is -2.45. The molecule has 1 amide bonds. The molecule has 3 rings (SSSR count). The molecule has 0 aromatic heterocycles. The molecule has 126 valence electrons. The zero-order valence-corrected chi connectivity index (χ0v) is 14.0. The summed E-state index contributed by atoms with van der Waals surface area (Å²) in [6.07, 6.45) is 0.603. The summed E-state index contributed by atoms with van der Waals surface area (Å²) in [6, 6.07) is 11.8. The normalized spacial score (nSPS) is 15.1. The summed E-state index contributed by atoms with van der Waals surface area (Å²) in [4.78, 5) is 25.1. The van der Waals surface area contributed by atoms with Crippen LogP contribution in [0.15, 0.2) is 36.4 Å². The molecule has 1 aliphatic rings. The molecule has 1 heterocycles. The molecule has 1 fully saturated rings. The Morgan fingerprint density at radius 1 is 1.21 bits per heavy atom. The van der Waals surface area contributed by atoms with Gasteiger partial charge in [0.1, 0.15) is 12.4 Å². The maximum absolute atomic E-state index is 12.2. The number of methoxy groups -OCH3 is 1. The quantitative estimate of drug-likeness (QED) is 0.605. The van der Waals surface area contributed by atoms with E-state index in [1.165, 1.54) is 0 Å². The van der Waals surface area contributed by atoms with Gasteiger partial charge in [0, 0.05) is 13.0 Å². The van der Waals surface area contributed by atoms with Crippen molar-refractivity contribution in [2.45, 2.75) is 19.3 Å². The average Bonchev–Trinajstić information content (AvgIpc) is 2.62. The molecule has 24 heavy (non-hydrogen) atoms. The number of fused-ring (bicyclic) bond motifs is 1. The zero-order chi connectivity index (χ0) is 17.1. The van der Waals surface area contributed by atoms with Crippen molar-refractivity contribution in [3.05, 3.63) is 42.0 Å². The first kappa shape index (κ1) is 16.3. The van der Waals surface area contributed by atoms with E-state index in [4.69, 9.17) is 9.47 Å². The Morgan fingerprint density at radius 3 is 2.62 bits per heavy atom. The number of β-lactam (4-membered cyclic amide) rings is 1. The van der Waals surface area contributed by atoms with Gasteiger partial charge in [0.2, 0.25) is 5.91 Å². The van der Waals surface area contributed by atoms with Crippen LogP contribution in [0.2, 0.25) is 0 Å². The number of amides is 1. The molecule has 5 heteroatoms. The molecule has 1 atom stereocenters. The van der Waals surface area contributed by atoms with Gasteiger partial charge < -0.3 is 14.4 Å². The number of hydrogen-bond donors (Lipinski definition) is 0. The standard InChI is InChI=1S/C19H21NO4/c1-13(19(22)24-10-9-20-8-7-18(20)21)14-3-4-16-12-17(23-2)6-5-15(16)11-14/h3-6,11-13H,7-10H2,1-2H3. The van der Waals surface area contributed by atoms with Gasteiger partial charge in [-0.1, -0.05) is 24.3 Å². The second-order valence-electron chi connectivity index (χ2n) is 5.99. The minimum absolute atomic E-state index is 0.129. The highest BCUT2D eigenvalue weighted by Crippen LogP contribution is 2.25. The summed E-state index contributed by atoms with van der Waals surface area (Å²) in [5, 5.41) is 2.12. The van der Waals surface area contributed by atoms with Gasteiger partial charge in [-0.3, -0.25) is 9.59 Å². The Balaban J connectivity index is 1.62. The van der Waals surface area contributed by atoms with Crippen molar-refractivity contribution in [2.75, 3.05) is 26.8 Å². The Labute approximate surface area is 141 Å². The highest BCUT2D eigenvalue weighted by atomic mass is 16.5. The van der Waals surface area contributed by atoms with Crippen molar-refractivity contribution >= 4 is 22.6 Å². The van der Waals surface area contributed by atoms with E-state index < -0.39 is 0 Å². The summed E-state index contributed by atoms with van der Waals surface area (Å²) in [6.45, 7) is 3.33. The Kier molecular flexibility index (Phi) is 4.69. The third-order valence-corrected chi connectivity index (χ3v) is 4.48. The molecule has 1 saturated heterocycles. The summed E-state index contributed by atoms with van der Waals surface area (Å²) in [5.41, 5.74) is 0.915. The molecule has 5 nitrogen and oxygen atoms in total. The first-order valence-corrected chi connectivity index (χ1v) is 8.10. The van der Waals surface area contributed by atoms with Crippen molar-refractivity contribution < 1.29 is 19.1 Å². The van der Waals surface area contributed by atoms with E-state index in [9.17, 15) is 9.59 Å².